The molecule has 4 heteroatoms. The molecule has 0 aromatic heterocycles. The lowest BCUT2D eigenvalue weighted by molar-refractivity contribution is 0.373. The van der Waals surface area contributed by atoms with Crippen molar-refractivity contribution in [3.8, 4) is 11.5 Å². The molecule has 1 unspecified atom stereocenters. The lowest BCUT2D eigenvalue weighted by Gasteiger charge is -2.18. The van der Waals surface area contributed by atoms with Crippen molar-refractivity contribution in [1.29, 1.82) is 0 Å². The highest BCUT2D eigenvalue weighted by molar-refractivity contribution is 8.16. The summed E-state index contributed by atoms with van der Waals surface area (Å²) in [4.78, 5) is 0. The maximum absolute atomic E-state index is 9.82. The number of hydrogen-bond acceptors (Lipinski definition) is 4. The van der Waals surface area contributed by atoms with Gasteiger partial charge in [-0.25, -0.2) is 0 Å². The van der Waals surface area contributed by atoms with Gasteiger partial charge >= 0.3 is 0 Å². The molecule has 0 spiro atoms. The fourth-order valence-corrected chi connectivity index (χ4v) is 5.33. The van der Waals surface area contributed by atoms with E-state index in [9.17, 15) is 5.11 Å². The third-order valence-corrected chi connectivity index (χ3v) is 7.03. The summed E-state index contributed by atoms with van der Waals surface area (Å²) in [6.07, 6.45) is 10.5. The normalized spacial score (nSPS) is 12.3. The van der Waals surface area contributed by atoms with Crippen LogP contribution in [0.5, 0.6) is 11.5 Å². The molecule has 0 heterocycles. The molecule has 1 rings (SSSR count). The van der Waals surface area contributed by atoms with Crippen LogP contribution in [0.4, 0.5) is 0 Å². The largest absolute Gasteiger partial charge is 0.504 e. The van der Waals surface area contributed by atoms with Gasteiger partial charge in [-0.1, -0.05) is 58.4 Å². The Kier molecular flexibility index (Phi) is 12.4. The number of thioether (sulfide) groups is 2. The zero-order chi connectivity index (χ0) is 17.6. The molecule has 0 bridgehead atoms. The van der Waals surface area contributed by atoms with Gasteiger partial charge in [0, 0.05) is 0 Å². The molecule has 0 saturated carbocycles. The zero-order valence-corrected chi connectivity index (χ0v) is 17.2. The highest BCUT2D eigenvalue weighted by Crippen LogP contribution is 2.42. The van der Waals surface area contributed by atoms with Crippen molar-refractivity contribution >= 4 is 23.5 Å². The molecule has 0 aliphatic rings. The van der Waals surface area contributed by atoms with Crippen molar-refractivity contribution < 1.29 is 9.84 Å². The molecule has 1 aromatic rings. The van der Waals surface area contributed by atoms with E-state index in [0.29, 0.717) is 10.3 Å². The maximum Gasteiger partial charge on any atom is 0.160 e. The first kappa shape index (κ1) is 21.6. The van der Waals surface area contributed by atoms with Gasteiger partial charge in [0.1, 0.15) is 0 Å². The predicted octanol–water partition coefficient (Wildman–Crippen LogP) is 7.03. The summed E-state index contributed by atoms with van der Waals surface area (Å²) in [5, 5.41) is 9.82. The molecule has 0 saturated heterocycles. The molecule has 138 valence electrons. The smallest absolute Gasteiger partial charge is 0.160 e. The molecule has 0 amide bonds. The Balaban J connectivity index is 2.56. The van der Waals surface area contributed by atoms with Gasteiger partial charge in [-0.05, 0) is 42.0 Å². The van der Waals surface area contributed by atoms with Gasteiger partial charge in [0.25, 0.3) is 0 Å². The molecule has 24 heavy (non-hydrogen) atoms. The van der Waals surface area contributed by atoms with Gasteiger partial charge in [0.05, 0.1) is 11.7 Å². The van der Waals surface area contributed by atoms with Crippen LogP contribution < -0.4 is 4.74 Å². The first-order chi connectivity index (χ1) is 11.7. The summed E-state index contributed by atoms with van der Waals surface area (Å²) in [7, 11) is 1.61. The Morgan fingerprint density at radius 3 is 2.12 bits per heavy atom. The summed E-state index contributed by atoms with van der Waals surface area (Å²) in [6, 6.07) is 5.80. The van der Waals surface area contributed by atoms with E-state index < -0.39 is 0 Å². The summed E-state index contributed by atoms with van der Waals surface area (Å²) < 4.78 is 5.71. The summed E-state index contributed by atoms with van der Waals surface area (Å²) >= 11 is 4.08. The van der Waals surface area contributed by atoms with Crippen molar-refractivity contribution in [1.82, 2.24) is 0 Å². The minimum Gasteiger partial charge on any atom is -0.504 e. The fourth-order valence-electron chi connectivity index (χ4n) is 2.52. The third kappa shape index (κ3) is 8.57. The minimum atomic E-state index is 0.223. The molecule has 0 aliphatic heterocycles. The average molecular weight is 371 g/mol. The van der Waals surface area contributed by atoms with E-state index in [0.717, 1.165) is 0 Å². The first-order valence-corrected chi connectivity index (χ1v) is 11.4. The highest BCUT2D eigenvalue weighted by atomic mass is 32.2. The lowest BCUT2D eigenvalue weighted by Crippen LogP contribution is -1.95. The number of benzene rings is 1. The van der Waals surface area contributed by atoms with Crippen LogP contribution in [0, 0.1) is 0 Å². The van der Waals surface area contributed by atoms with Gasteiger partial charge in [-0.3, -0.25) is 0 Å². The zero-order valence-electron chi connectivity index (χ0n) is 15.6. The van der Waals surface area contributed by atoms with Gasteiger partial charge < -0.3 is 9.84 Å². The van der Waals surface area contributed by atoms with Crippen LogP contribution in [0.15, 0.2) is 18.2 Å². The van der Waals surface area contributed by atoms with E-state index in [1.54, 1.807) is 13.2 Å². The van der Waals surface area contributed by atoms with Gasteiger partial charge in [0.15, 0.2) is 11.5 Å². The van der Waals surface area contributed by atoms with Gasteiger partial charge in [-0.2, -0.15) is 0 Å². The van der Waals surface area contributed by atoms with Crippen molar-refractivity contribution in [2.24, 2.45) is 0 Å². The number of hydrogen-bond donors (Lipinski definition) is 1. The van der Waals surface area contributed by atoms with Crippen molar-refractivity contribution in [2.75, 3.05) is 18.6 Å². The molecule has 1 atom stereocenters. The van der Waals surface area contributed by atoms with Crippen LogP contribution in [0.2, 0.25) is 0 Å². The van der Waals surface area contributed by atoms with E-state index in [-0.39, 0.29) is 5.75 Å². The molecular formula is C20H34O2S2. The standard InChI is InChI=1S/C20H34O2S2/c1-4-6-8-9-11-15-24-20(23-14-10-7-5-2)17-12-13-18(21)19(16-17)22-3/h12-13,16,20-21H,4-11,14-15H2,1-3H3. The number of phenols is 1. The van der Waals surface area contributed by atoms with Crippen molar-refractivity contribution in [3.05, 3.63) is 23.8 Å². The quantitative estimate of drug-likeness (QED) is 0.281. The van der Waals surface area contributed by atoms with Crippen LogP contribution >= 0.6 is 23.5 Å². The van der Waals surface area contributed by atoms with E-state index in [1.165, 1.54) is 68.4 Å². The van der Waals surface area contributed by atoms with Crippen LogP contribution in [0.25, 0.3) is 0 Å². The first-order valence-electron chi connectivity index (χ1n) is 9.33. The average Bonchev–Trinajstić information content (AvgIpc) is 2.60. The SMILES string of the molecule is CCCCCCCSC(SCCCCC)c1ccc(O)c(OC)c1. The number of ether oxygens (including phenoxy) is 1. The van der Waals surface area contributed by atoms with Crippen LogP contribution in [0.1, 0.15) is 75.4 Å². The number of rotatable bonds is 14. The molecule has 2 nitrogen and oxygen atoms in total. The fraction of sp³-hybridized carbons (Fsp3) is 0.700. The molecule has 1 aromatic carbocycles. The Morgan fingerprint density at radius 1 is 0.917 bits per heavy atom. The molecular weight excluding hydrogens is 336 g/mol. The second-order valence-electron chi connectivity index (χ2n) is 6.13. The van der Waals surface area contributed by atoms with Crippen LogP contribution in [-0.4, -0.2) is 23.7 Å². The topological polar surface area (TPSA) is 29.5 Å². The highest BCUT2D eigenvalue weighted by Gasteiger charge is 2.15. The van der Waals surface area contributed by atoms with E-state index in [2.05, 4.69) is 13.8 Å². The second kappa shape index (κ2) is 13.8. The number of aromatic hydroxyl groups is 1. The second-order valence-corrected chi connectivity index (χ2v) is 8.85. The summed E-state index contributed by atoms with van der Waals surface area (Å²) in [6.45, 7) is 4.51. The molecule has 0 radical (unpaired) electrons. The van der Waals surface area contributed by atoms with Crippen LogP contribution in [0.3, 0.4) is 0 Å². The van der Waals surface area contributed by atoms with Crippen LogP contribution in [-0.2, 0) is 0 Å². The van der Waals surface area contributed by atoms with Gasteiger partial charge in [-0.15, -0.1) is 23.5 Å². The Bertz CT molecular complexity index is 438. The summed E-state index contributed by atoms with van der Waals surface area (Å²) in [5.41, 5.74) is 1.25. The third-order valence-electron chi connectivity index (χ3n) is 4.01. The molecule has 0 fully saturated rings. The number of methoxy groups -OCH3 is 1. The van der Waals surface area contributed by atoms with E-state index in [1.807, 2.05) is 35.7 Å². The Hall–Kier alpha value is -0.480. The van der Waals surface area contributed by atoms with E-state index >= 15 is 0 Å². The Morgan fingerprint density at radius 2 is 1.50 bits per heavy atom. The summed E-state index contributed by atoms with van der Waals surface area (Å²) in [5.74, 6) is 3.21. The Labute approximate surface area is 157 Å². The van der Waals surface area contributed by atoms with Gasteiger partial charge in [0.2, 0.25) is 0 Å². The predicted molar refractivity (Wildman–Crippen MR) is 111 cm³/mol. The van der Waals surface area contributed by atoms with E-state index in [4.69, 9.17) is 4.74 Å². The minimum absolute atomic E-state index is 0.223. The van der Waals surface area contributed by atoms with Crippen molar-refractivity contribution in [2.45, 2.75) is 69.8 Å². The van der Waals surface area contributed by atoms with Crippen molar-refractivity contribution in [3.63, 3.8) is 0 Å². The number of phenolic OH excluding ortho intramolecular Hbond substituents is 1. The maximum atomic E-state index is 9.82. The lowest BCUT2D eigenvalue weighted by atomic mass is 10.2. The number of unbranched alkanes of at least 4 members (excludes halogenated alkanes) is 6. The monoisotopic (exact) mass is 370 g/mol. The molecule has 0 aliphatic carbocycles. The molecule has 1 N–H and O–H groups in total.